The van der Waals surface area contributed by atoms with Gasteiger partial charge in [-0.2, -0.15) is 0 Å². The normalized spacial score (nSPS) is 16.2. The predicted molar refractivity (Wildman–Crippen MR) is 102 cm³/mol. The van der Waals surface area contributed by atoms with Crippen molar-refractivity contribution in [1.82, 2.24) is 20.2 Å². The molecule has 138 valence electrons. The van der Waals surface area contributed by atoms with Crippen molar-refractivity contribution in [2.45, 2.75) is 38.6 Å². The van der Waals surface area contributed by atoms with E-state index >= 15 is 0 Å². The Morgan fingerprint density at radius 1 is 1.23 bits per heavy atom. The lowest BCUT2D eigenvalue weighted by atomic mass is 10.1. The molecule has 1 aliphatic rings. The summed E-state index contributed by atoms with van der Waals surface area (Å²) in [5.41, 5.74) is 0.452. The number of hydrogen-bond donors (Lipinski definition) is 2. The first-order chi connectivity index (χ1) is 12.7. The van der Waals surface area contributed by atoms with E-state index in [-0.39, 0.29) is 11.5 Å². The van der Waals surface area contributed by atoms with Crippen molar-refractivity contribution in [1.29, 1.82) is 0 Å². The van der Waals surface area contributed by atoms with Gasteiger partial charge in [-0.05, 0) is 32.4 Å². The molecule has 0 bridgehead atoms. The average Bonchev–Trinajstić information content (AvgIpc) is 2.69. The lowest BCUT2D eigenvalue weighted by Gasteiger charge is -2.34. The second-order valence-corrected chi connectivity index (χ2v) is 6.71. The minimum Gasteiger partial charge on any atom is -0.350 e. The molecule has 2 aromatic rings. The van der Waals surface area contributed by atoms with Gasteiger partial charge >= 0.3 is 0 Å². The molecule has 1 saturated heterocycles. The summed E-state index contributed by atoms with van der Waals surface area (Å²) < 4.78 is 0. The van der Waals surface area contributed by atoms with Gasteiger partial charge < -0.3 is 10.3 Å². The molecule has 0 radical (unpaired) electrons. The van der Waals surface area contributed by atoms with E-state index in [1.54, 1.807) is 0 Å². The van der Waals surface area contributed by atoms with Crippen LogP contribution in [0.1, 0.15) is 43.0 Å². The Kier molecular flexibility index (Phi) is 6.17. The SMILES string of the molecule is CC[C@H](CNC(=O)c1cnc(-c2ccccc2)[nH]c1=O)N1CCCCC1. The molecule has 1 aliphatic heterocycles. The molecule has 1 amide bonds. The Morgan fingerprint density at radius 2 is 1.96 bits per heavy atom. The Morgan fingerprint density at radius 3 is 2.62 bits per heavy atom. The molecule has 1 aromatic carbocycles. The van der Waals surface area contributed by atoms with E-state index < -0.39 is 5.56 Å². The van der Waals surface area contributed by atoms with Crippen molar-refractivity contribution in [2.24, 2.45) is 0 Å². The first-order valence-corrected chi connectivity index (χ1v) is 9.36. The third-order valence-electron chi connectivity index (χ3n) is 4.97. The number of carbonyl (C=O) groups is 1. The second kappa shape index (κ2) is 8.76. The van der Waals surface area contributed by atoms with Gasteiger partial charge in [-0.1, -0.05) is 43.7 Å². The molecule has 6 nitrogen and oxygen atoms in total. The van der Waals surface area contributed by atoms with Gasteiger partial charge in [0, 0.05) is 24.3 Å². The number of aromatic amines is 1. The van der Waals surface area contributed by atoms with E-state index in [1.165, 1.54) is 25.5 Å². The van der Waals surface area contributed by atoms with Crippen molar-refractivity contribution in [3.05, 3.63) is 52.4 Å². The highest BCUT2D eigenvalue weighted by atomic mass is 16.2. The molecule has 0 saturated carbocycles. The number of piperidine rings is 1. The van der Waals surface area contributed by atoms with Crippen LogP contribution >= 0.6 is 0 Å². The minimum atomic E-state index is -0.414. The zero-order valence-corrected chi connectivity index (χ0v) is 15.2. The number of amides is 1. The van der Waals surface area contributed by atoms with Crippen molar-refractivity contribution < 1.29 is 4.79 Å². The molecular formula is C20H26N4O2. The minimum absolute atomic E-state index is 0.0539. The van der Waals surface area contributed by atoms with Gasteiger partial charge in [0.1, 0.15) is 11.4 Å². The van der Waals surface area contributed by atoms with Crippen LogP contribution in [0.3, 0.4) is 0 Å². The summed E-state index contributed by atoms with van der Waals surface area (Å²) >= 11 is 0. The van der Waals surface area contributed by atoms with Crippen molar-refractivity contribution in [3.63, 3.8) is 0 Å². The summed E-state index contributed by atoms with van der Waals surface area (Å²) in [6.45, 7) is 4.86. The number of benzene rings is 1. The van der Waals surface area contributed by atoms with Crippen LogP contribution < -0.4 is 10.9 Å². The van der Waals surface area contributed by atoms with Gasteiger partial charge in [-0.15, -0.1) is 0 Å². The van der Waals surface area contributed by atoms with Crippen LogP contribution in [0.4, 0.5) is 0 Å². The molecule has 2 N–H and O–H groups in total. The molecule has 1 fully saturated rings. The third-order valence-corrected chi connectivity index (χ3v) is 4.97. The van der Waals surface area contributed by atoms with Crippen LogP contribution in [0.25, 0.3) is 11.4 Å². The summed E-state index contributed by atoms with van der Waals surface area (Å²) in [5.74, 6) is 0.0979. The molecule has 2 heterocycles. The molecule has 1 atom stereocenters. The molecule has 26 heavy (non-hydrogen) atoms. The van der Waals surface area contributed by atoms with Crippen LogP contribution in [-0.2, 0) is 0 Å². The number of H-pyrrole nitrogens is 1. The monoisotopic (exact) mass is 354 g/mol. The van der Waals surface area contributed by atoms with E-state index in [4.69, 9.17) is 0 Å². The zero-order chi connectivity index (χ0) is 18.4. The molecule has 0 unspecified atom stereocenters. The maximum Gasteiger partial charge on any atom is 0.264 e. The number of nitrogens with zero attached hydrogens (tertiary/aromatic N) is 2. The number of likely N-dealkylation sites (tertiary alicyclic amines) is 1. The fraction of sp³-hybridized carbons (Fsp3) is 0.450. The number of aromatic nitrogens is 2. The van der Waals surface area contributed by atoms with Gasteiger partial charge in [0.2, 0.25) is 0 Å². The lowest BCUT2D eigenvalue weighted by Crippen LogP contribution is -2.46. The van der Waals surface area contributed by atoms with Gasteiger partial charge in [0.05, 0.1) is 0 Å². The maximum atomic E-state index is 12.4. The van der Waals surface area contributed by atoms with Gasteiger partial charge in [0.15, 0.2) is 0 Å². The molecule has 3 rings (SSSR count). The fourth-order valence-electron chi connectivity index (χ4n) is 3.42. The topological polar surface area (TPSA) is 78.1 Å². The van der Waals surface area contributed by atoms with Gasteiger partial charge in [-0.3, -0.25) is 14.5 Å². The predicted octanol–water partition coefficient (Wildman–Crippen LogP) is 2.43. The first kappa shape index (κ1) is 18.3. The summed E-state index contributed by atoms with van der Waals surface area (Å²) in [6.07, 6.45) is 6.05. The zero-order valence-electron chi connectivity index (χ0n) is 15.2. The van der Waals surface area contributed by atoms with Crippen LogP contribution in [0.15, 0.2) is 41.3 Å². The Balaban J connectivity index is 1.65. The fourth-order valence-corrected chi connectivity index (χ4v) is 3.42. The smallest absolute Gasteiger partial charge is 0.264 e. The van der Waals surface area contributed by atoms with E-state index in [9.17, 15) is 9.59 Å². The van der Waals surface area contributed by atoms with Crippen LogP contribution in [0.5, 0.6) is 0 Å². The van der Waals surface area contributed by atoms with Crippen molar-refractivity contribution >= 4 is 5.91 Å². The lowest BCUT2D eigenvalue weighted by molar-refractivity contribution is 0.0921. The number of nitrogens with one attached hydrogen (secondary N) is 2. The Hall–Kier alpha value is -2.47. The van der Waals surface area contributed by atoms with E-state index in [0.29, 0.717) is 18.4 Å². The summed E-state index contributed by atoms with van der Waals surface area (Å²) in [6, 6.07) is 9.69. The van der Waals surface area contributed by atoms with E-state index in [0.717, 1.165) is 25.1 Å². The second-order valence-electron chi connectivity index (χ2n) is 6.71. The highest BCUT2D eigenvalue weighted by molar-refractivity contribution is 5.93. The summed E-state index contributed by atoms with van der Waals surface area (Å²) in [7, 11) is 0. The van der Waals surface area contributed by atoms with Crippen LogP contribution in [0.2, 0.25) is 0 Å². The van der Waals surface area contributed by atoms with Gasteiger partial charge in [0.25, 0.3) is 11.5 Å². The highest BCUT2D eigenvalue weighted by Crippen LogP contribution is 2.14. The maximum absolute atomic E-state index is 12.4. The Bertz CT molecular complexity index is 782. The summed E-state index contributed by atoms with van der Waals surface area (Å²) in [4.78, 5) is 34.1. The summed E-state index contributed by atoms with van der Waals surface area (Å²) in [5, 5.41) is 2.91. The quantitative estimate of drug-likeness (QED) is 0.835. The molecule has 0 spiro atoms. The average molecular weight is 354 g/mol. The molecular weight excluding hydrogens is 328 g/mol. The molecule has 0 aliphatic carbocycles. The van der Waals surface area contributed by atoms with Crippen molar-refractivity contribution in [3.8, 4) is 11.4 Å². The highest BCUT2D eigenvalue weighted by Gasteiger charge is 2.20. The molecule has 6 heteroatoms. The number of hydrogen-bond acceptors (Lipinski definition) is 4. The van der Waals surface area contributed by atoms with E-state index in [2.05, 4.69) is 27.1 Å². The van der Waals surface area contributed by atoms with E-state index in [1.807, 2.05) is 30.3 Å². The van der Waals surface area contributed by atoms with Crippen LogP contribution in [-0.4, -0.2) is 46.5 Å². The number of rotatable bonds is 6. The van der Waals surface area contributed by atoms with Crippen LogP contribution in [0, 0.1) is 0 Å². The first-order valence-electron chi connectivity index (χ1n) is 9.36. The molecule has 1 aromatic heterocycles. The Labute approximate surface area is 153 Å². The standard InChI is InChI=1S/C20H26N4O2/c1-2-16(24-11-7-4-8-12-24)13-22-19(25)17-14-21-18(23-20(17)26)15-9-5-3-6-10-15/h3,5-6,9-10,14,16H,2,4,7-8,11-13H2,1H3,(H,22,25)(H,21,23,26)/t16-/m1/s1. The van der Waals surface area contributed by atoms with Crippen molar-refractivity contribution in [2.75, 3.05) is 19.6 Å². The van der Waals surface area contributed by atoms with Gasteiger partial charge in [-0.25, -0.2) is 4.98 Å². The third kappa shape index (κ3) is 4.38. The largest absolute Gasteiger partial charge is 0.350 e. The number of carbonyl (C=O) groups excluding carboxylic acids is 1.